The van der Waals surface area contributed by atoms with Crippen LogP contribution in [0.2, 0.25) is 0 Å². The van der Waals surface area contributed by atoms with Crippen LogP contribution >= 0.6 is 0 Å². The lowest BCUT2D eigenvalue weighted by Crippen LogP contribution is -1.95. The van der Waals surface area contributed by atoms with Gasteiger partial charge in [-0.15, -0.1) is 5.10 Å². The topological polar surface area (TPSA) is 68.1 Å². The van der Waals surface area contributed by atoms with E-state index >= 15 is 0 Å². The van der Waals surface area contributed by atoms with Gasteiger partial charge in [-0.25, -0.2) is 14.3 Å². The number of ether oxygens (including phenoxy) is 1. The highest BCUT2D eigenvalue weighted by Crippen LogP contribution is 2.20. The first-order valence-electron chi connectivity index (χ1n) is 6.24. The zero-order valence-corrected chi connectivity index (χ0v) is 10.9. The molecule has 3 aromatic rings. The number of benzene rings is 2. The zero-order valence-electron chi connectivity index (χ0n) is 10.9. The fourth-order valence-corrected chi connectivity index (χ4v) is 1.79. The van der Waals surface area contributed by atoms with E-state index in [2.05, 4.69) is 10.2 Å². The van der Waals surface area contributed by atoms with E-state index in [0.29, 0.717) is 17.9 Å². The lowest BCUT2D eigenvalue weighted by atomic mass is 10.2. The SMILES string of the molecule is O=c1[nH]nc(-c2ccc(OCc3ccc(F)cc3)cc2)o1. The van der Waals surface area contributed by atoms with Crippen LogP contribution in [0.1, 0.15) is 5.56 Å². The van der Waals surface area contributed by atoms with Crippen molar-refractivity contribution in [1.29, 1.82) is 0 Å². The van der Waals surface area contributed by atoms with Crippen LogP contribution in [-0.4, -0.2) is 10.2 Å². The van der Waals surface area contributed by atoms with Crippen molar-refractivity contribution in [2.24, 2.45) is 0 Å². The molecule has 0 saturated carbocycles. The van der Waals surface area contributed by atoms with E-state index in [-0.39, 0.29) is 11.7 Å². The van der Waals surface area contributed by atoms with Crippen molar-refractivity contribution in [3.8, 4) is 17.2 Å². The molecule has 1 heterocycles. The number of hydrogen-bond donors (Lipinski definition) is 1. The molecule has 0 unspecified atom stereocenters. The molecule has 2 aromatic carbocycles. The highest BCUT2D eigenvalue weighted by atomic mass is 19.1. The summed E-state index contributed by atoms with van der Waals surface area (Å²) in [6.45, 7) is 0.344. The third-order valence-corrected chi connectivity index (χ3v) is 2.86. The largest absolute Gasteiger partial charge is 0.489 e. The maximum atomic E-state index is 12.8. The Bertz CT molecular complexity index is 776. The maximum absolute atomic E-state index is 12.8. The number of hydrogen-bond acceptors (Lipinski definition) is 4. The summed E-state index contributed by atoms with van der Waals surface area (Å²) in [4.78, 5) is 10.9. The molecule has 0 fully saturated rings. The maximum Gasteiger partial charge on any atom is 0.434 e. The first kappa shape index (κ1) is 13.1. The molecular weight excluding hydrogens is 275 g/mol. The fourth-order valence-electron chi connectivity index (χ4n) is 1.79. The quantitative estimate of drug-likeness (QED) is 0.800. The monoisotopic (exact) mass is 286 g/mol. The lowest BCUT2D eigenvalue weighted by molar-refractivity contribution is 0.306. The molecule has 0 bridgehead atoms. The van der Waals surface area contributed by atoms with Crippen LogP contribution in [0.3, 0.4) is 0 Å². The number of rotatable bonds is 4. The van der Waals surface area contributed by atoms with Crippen molar-refractivity contribution >= 4 is 0 Å². The summed E-state index contributed by atoms with van der Waals surface area (Å²) in [5.41, 5.74) is 1.54. The van der Waals surface area contributed by atoms with Crippen LogP contribution in [0.15, 0.2) is 57.7 Å². The van der Waals surface area contributed by atoms with Gasteiger partial charge >= 0.3 is 5.76 Å². The molecule has 0 aliphatic heterocycles. The highest BCUT2D eigenvalue weighted by molar-refractivity contribution is 5.53. The molecule has 5 nitrogen and oxygen atoms in total. The van der Waals surface area contributed by atoms with Crippen LogP contribution in [0.25, 0.3) is 11.5 Å². The molecule has 1 N–H and O–H groups in total. The van der Waals surface area contributed by atoms with Gasteiger partial charge in [0.15, 0.2) is 0 Å². The average molecular weight is 286 g/mol. The first-order valence-corrected chi connectivity index (χ1v) is 6.24. The number of halogens is 1. The molecule has 0 spiro atoms. The molecule has 0 aliphatic rings. The third kappa shape index (κ3) is 3.17. The van der Waals surface area contributed by atoms with Crippen LogP contribution in [0.5, 0.6) is 5.75 Å². The Morgan fingerprint density at radius 1 is 1.10 bits per heavy atom. The van der Waals surface area contributed by atoms with E-state index in [9.17, 15) is 9.18 Å². The van der Waals surface area contributed by atoms with Gasteiger partial charge in [-0.05, 0) is 42.0 Å². The van der Waals surface area contributed by atoms with Crippen LogP contribution in [0.4, 0.5) is 4.39 Å². The summed E-state index contributed by atoms with van der Waals surface area (Å²) in [6.07, 6.45) is 0. The molecule has 21 heavy (non-hydrogen) atoms. The molecule has 1 aromatic heterocycles. The van der Waals surface area contributed by atoms with Gasteiger partial charge in [0.2, 0.25) is 5.89 Å². The standard InChI is InChI=1S/C15H11FN2O3/c16-12-5-1-10(2-6-12)9-20-13-7-3-11(4-8-13)14-17-18-15(19)21-14/h1-8H,9H2,(H,18,19). The summed E-state index contributed by atoms with van der Waals surface area (Å²) >= 11 is 0. The molecule has 106 valence electrons. The van der Waals surface area contributed by atoms with Crippen LogP contribution in [0, 0.1) is 5.82 Å². The van der Waals surface area contributed by atoms with Crippen LogP contribution in [-0.2, 0) is 6.61 Å². The van der Waals surface area contributed by atoms with E-state index in [4.69, 9.17) is 9.15 Å². The zero-order chi connectivity index (χ0) is 14.7. The molecule has 0 saturated heterocycles. The number of H-pyrrole nitrogens is 1. The Balaban J connectivity index is 1.67. The van der Waals surface area contributed by atoms with Gasteiger partial charge < -0.3 is 9.15 Å². The minimum atomic E-state index is -0.596. The van der Waals surface area contributed by atoms with Gasteiger partial charge in [-0.1, -0.05) is 12.1 Å². The van der Waals surface area contributed by atoms with Crippen molar-refractivity contribution in [3.05, 3.63) is 70.5 Å². The van der Waals surface area contributed by atoms with E-state index in [1.165, 1.54) is 12.1 Å². The summed E-state index contributed by atoms with van der Waals surface area (Å²) in [6, 6.07) is 13.1. The third-order valence-electron chi connectivity index (χ3n) is 2.86. The molecule has 0 amide bonds. The molecule has 6 heteroatoms. The van der Waals surface area contributed by atoms with Crippen molar-refractivity contribution in [1.82, 2.24) is 10.2 Å². The number of nitrogens with one attached hydrogen (secondary N) is 1. The Morgan fingerprint density at radius 2 is 1.81 bits per heavy atom. The predicted molar refractivity (Wildman–Crippen MR) is 73.3 cm³/mol. The van der Waals surface area contributed by atoms with Gasteiger partial charge in [0, 0.05) is 5.56 Å². The minimum absolute atomic E-state index is 0.227. The second kappa shape index (κ2) is 5.62. The molecule has 3 rings (SSSR count). The van der Waals surface area contributed by atoms with E-state index in [1.807, 2.05) is 0 Å². The number of nitrogens with zero attached hydrogens (tertiary/aromatic N) is 1. The van der Waals surface area contributed by atoms with Gasteiger partial charge in [0.05, 0.1) is 0 Å². The van der Waals surface area contributed by atoms with Gasteiger partial charge in [0.25, 0.3) is 0 Å². The number of aromatic amines is 1. The minimum Gasteiger partial charge on any atom is -0.489 e. The Kier molecular flexibility index (Phi) is 3.51. The van der Waals surface area contributed by atoms with E-state index in [1.54, 1.807) is 36.4 Å². The van der Waals surface area contributed by atoms with Gasteiger partial charge in [-0.3, -0.25) is 0 Å². The predicted octanol–water partition coefficient (Wildman–Crippen LogP) is 2.75. The summed E-state index contributed by atoms with van der Waals surface area (Å²) in [7, 11) is 0. The molecular formula is C15H11FN2O3. The van der Waals surface area contributed by atoms with Crippen LogP contribution < -0.4 is 10.5 Å². The first-order chi connectivity index (χ1) is 10.2. The van der Waals surface area contributed by atoms with Crippen molar-refractivity contribution < 1.29 is 13.5 Å². The van der Waals surface area contributed by atoms with E-state index < -0.39 is 5.76 Å². The second-order valence-electron chi connectivity index (χ2n) is 4.36. The van der Waals surface area contributed by atoms with E-state index in [0.717, 1.165) is 5.56 Å². The highest BCUT2D eigenvalue weighted by Gasteiger charge is 2.05. The van der Waals surface area contributed by atoms with Crippen molar-refractivity contribution in [3.63, 3.8) is 0 Å². The Morgan fingerprint density at radius 3 is 2.43 bits per heavy atom. The fraction of sp³-hybridized carbons (Fsp3) is 0.0667. The van der Waals surface area contributed by atoms with Gasteiger partial charge in [-0.2, -0.15) is 0 Å². The molecule has 0 radical (unpaired) electrons. The van der Waals surface area contributed by atoms with Crippen molar-refractivity contribution in [2.45, 2.75) is 6.61 Å². The average Bonchev–Trinajstić information content (AvgIpc) is 2.94. The Hall–Kier alpha value is -2.89. The molecule has 0 aliphatic carbocycles. The Labute approximate surface area is 119 Å². The van der Waals surface area contributed by atoms with Crippen molar-refractivity contribution in [2.75, 3.05) is 0 Å². The molecule has 0 atom stereocenters. The lowest BCUT2D eigenvalue weighted by Gasteiger charge is -2.06. The second-order valence-corrected chi connectivity index (χ2v) is 4.36. The summed E-state index contributed by atoms with van der Waals surface area (Å²) in [5, 5.41) is 5.94. The summed E-state index contributed by atoms with van der Waals surface area (Å²) in [5.74, 6) is 0.0104. The number of aromatic nitrogens is 2. The summed E-state index contributed by atoms with van der Waals surface area (Å²) < 4.78 is 23.2. The normalized spacial score (nSPS) is 10.5. The van der Waals surface area contributed by atoms with Gasteiger partial charge in [0.1, 0.15) is 18.2 Å². The smallest absolute Gasteiger partial charge is 0.434 e.